The van der Waals surface area contributed by atoms with Crippen LogP contribution in [-0.2, 0) is 11.3 Å². The maximum absolute atomic E-state index is 13.3. The van der Waals surface area contributed by atoms with E-state index in [1.54, 1.807) is 13.0 Å². The van der Waals surface area contributed by atoms with Crippen LogP contribution in [0.1, 0.15) is 16.8 Å². The fourth-order valence-corrected chi connectivity index (χ4v) is 3.25. The Labute approximate surface area is 181 Å². The second kappa shape index (κ2) is 8.22. The van der Waals surface area contributed by atoms with Gasteiger partial charge in [-0.15, -0.1) is 5.10 Å². The molecule has 2 N–H and O–H groups in total. The van der Waals surface area contributed by atoms with Crippen molar-refractivity contribution in [2.24, 2.45) is 0 Å². The molecule has 0 fully saturated rings. The minimum absolute atomic E-state index is 0.0566. The molecule has 0 atom stereocenters. The van der Waals surface area contributed by atoms with Crippen molar-refractivity contribution >= 4 is 28.9 Å². The lowest BCUT2D eigenvalue weighted by molar-refractivity contribution is -0.117. The molecule has 164 valence electrons. The summed E-state index contributed by atoms with van der Waals surface area (Å²) in [6.07, 6.45) is 0. The molecule has 0 bridgehead atoms. The van der Waals surface area contributed by atoms with Crippen LogP contribution in [0.3, 0.4) is 0 Å². The van der Waals surface area contributed by atoms with Gasteiger partial charge in [-0.2, -0.15) is 0 Å². The second-order valence-electron chi connectivity index (χ2n) is 7.49. The normalized spacial score (nSPS) is 11.0. The number of hydrogen-bond donors (Lipinski definition) is 2. The molecule has 1 amide bonds. The highest BCUT2D eigenvalue weighted by Gasteiger charge is 2.16. The van der Waals surface area contributed by atoms with E-state index in [0.717, 1.165) is 33.6 Å². The van der Waals surface area contributed by atoms with Crippen LogP contribution in [0.25, 0.3) is 5.65 Å². The van der Waals surface area contributed by atoms with Gasteiger partial charge in [0.2, 0.25) is 11.9 Å². The van der Waals surface area contributed by atoms with E-state index in [1.165, 1.54) is 4.40 Å². The molecule has 32 heavy (non-hydrogen) atoms. The van der Waals surface area contributed by atoms with Crippen molar-refractivity contribution in [3.05, 3.63) is 81.4 Å². The third-order valence-corrected chi connectivity index (χ3v) is 4.90. The smallest absolute Gasteiger partial charge is 0.325 e. The fourth-order valence-electron chi connectivity index (χ4n) is 3.25. The van der Waals surface area contributed by atoms with Crippen LogP contribution in [0.15, 0.2) is 47.3 Å². The zero-order chi connectivity index (χ0) is 23.0. The molecule has 0 aliphatic carbocycles. The van der Waals surface area contributed by atoms with Crippen molar-refractivity contribution in [3.8, 4) is 0 Å². The van der Waals surface area contributed by atoms with Gasteiger partial charge in [0, 0.05) is 29.2 Å². The molecule has 2 heterocycles. The Hall–Kier alpha value is -4.08. The molecule has 0 unspecified atom stereocenters. The molecule has 4 aromatic rings. The average Bonchev–Trinajstić information content (AvgIpc) is 2.99. The lowest BCUT2D eigenvalue weighted by Crippen LogP contribution is -2.29. The Bertz CT molecular complexity index is 1390. The van der Waals surface area contributed by atoms with Gasteiger partial charge in [0.25, 0.3) is 0 Å². The first-order chi connectivity index (χ1) is 15.2. The van der Waals surface area contributed by atoms with Gasteiger partial charge < -0.3 is 10.6 Å². The number of anilines is 3. The third kappa shape index (κ3) is 4.34. The first-order valence-electron chi connectivity index (χ1n) is 9.77. The summed E-state index contributed by atoms with van der Waals surface area (Å²) in [5.74, 6) is -2.05. The molecule has 8 nitrogen and oxygen atoms in total. The summed E-state index contributed by atoms with van der Waals surface area (Å²) >= 11 is 0. The molecule has 2 aromatic carbocycles. The van der Waals surface area contributed by atoms with Crippen molar-refractivity contribution in [1.82, 2.24) is 19.2 Å². The largest absolute Gasteiger partial charge is 0.353 e. The van der Waals surface area contributed by atoms with E-state index >= 15 is 0 Å². The van der Waals surface area contributed by atoms with E-state index in [2.05, 4.69) is 20.7 Å². The number of aryl methyl sites for hydroxylation is 3. The summed E-state index contributed by atoms with van der Waals surface area (Å²) in [4.78, 5) is 29.7. The van der Waals surface area contributed by atoms with Crippen LogP contribution in [0.4, 0.5) is 26.1 Å². The molecule has 2 aromatic heterocycles. The van der Waals surface area contributed by atoms with Gasteiger partial charge >= 0.3 is 5.69 Å². The highest BCUT2D eigenvalue weighted by atomic mass is 19.1. The molecule has 0 aliphatic rings. The number of amides is 1. The molecule has 0 aliphatic heterocycles. The van der Waals surface area contributed by atoms with Crippen molar-refractivity contribution < 1.29 is 13.6 Å². The lowest BCUT2D eigenvalue weighted by atomic mass is 10.1. The SMILES string of the molecule is Cc1cc2nn(CC(=O)Nc3cc(F)cc(F)c3)c(=O)n2c(Nc2ccc(C)c(C)c2)n1. The molecule has 4 rings (SSSR count). The Morgan fingerprint density at radius 2 is 1.69 bits per heavy atom. The van der Waals surface area contributed by atoms with E-state index in [-0.39, 0.29) is 11.6 Å². The Kier molecular flexibility index (Phi) is 5.43. The lowest BCUT2D eigenvalue weighted by Gasteiger charge is -2.09. The van der Waals surface area contributed by atoms with Gasteiger partial charge in [0.1, 0.15) is 18.2 Å². The number of hydrogen-bond acceptors (Lipinski definition) is 5. The van der Waals surface area contributed by atoms with Crippen LogP contribution in [0.5, 0.6) is 0 Å². The summed E-state index contributed by atoms with van der Waals surface area (Å²) in [6.45, 7) is 5.30. The predicted octanol–water partition coefficient (Wildman–Crippen LogP) is 3.48. The molecule has 0 saturated carbocycles. The van der Waals surface area contributed by atoms with Gasteiger partial charge in [-0.1, -0.05) is 6.07 Å². The zero-order valence-electron chi connectivity index (χ0n) is 17.6. The molecule has 0 radical (unpaired) electrons. The summed E-state index contributed by atoms with van der Waals surface area (Å²) in [7, 11) is 0. The van der Waals surface area contributed by atoms with E-state index in [0.29, 0.717) is 17.4 Å². The first kappa shape index (κ1) is 21.2. The van der Waals surface area contributed by atoms with Crippen LogP contribution in [0, 0.1) is 32.4 Å². The number of fused-ring (bicyclic) bond motifs is 1. The van der Waals surface area contributed by atoms with Gasteiger partial charge in [-0.25, -0.2) is 27.6 Å². The number of carbonyl (C=O) groups is 1. The van der Waals surface area contributed by atoms with Crippen molar-refractivity contribution in [3.63, 3.8) is 0 Å². The number of rotatable bonds is 5. The number of aromatic nitrogens is 4. The Balaban J connectivity index is 1.64. The first-order valence-corrected chi connectivity index (χ1v) is 9.77. The minimum Gasteiger partial charge on any atom is -0.325 e. The summed E-state index contributed by atoms with van der Waals surface area (Å²) in [6, 6.07) is 10.0. The minimum atomic E-state index is -0.825. The number of carbonyl (C=O) groups excluding carboxylic acids is 1. The van der Waals surface area contributed by atoms with Crippen molar-refractivity contribution in [2.75, 3.05) is 10.6 Å². The van der Waals surface area contributed by atoms with Crippen LogP contribution < -0.4 is 16.3 Å². The summed E-state index contributed by atoms with van der Waals surface area (Å²) in [5, 5.41) is 9.69. The molecular formula is C22H20F2N6O2. The highest BCUT2D eigenvalue weighted by Crippen LogP contribution is 2.19. The Morgan fingerprint density at radius 3 is 2.38 bits per heavy atom. The van der Waals surface area contributed by atoms with Gasteiger partial charge in [0.15, 0.2) is 5.65 Å². The van der Waals surface area contributed by atoms with Gasteiger partial charge in [0.05, 0.1) is 0 Å². The van der Waals surface area contributed by atoms with Crippen molar-refractivity contribution in [2.45, 2.75) is 27.3 Å². The molecule has 10 heteroatoms. The fraction of sp³-hybridized carbons (Fsp3) is 0.182. The zero-order valence-corrected chi connectivity index (χ0v) is 17.6. The van der Waals surface area contributed by atoms with Crippen LogP contribution in [-0.4, -0.2) is 25.1 Å². The van der Waals surface area contributed by atoms with Gasteiger partial charge in [-0.3, -0.25) is 4.79 Å². The third-order valence-electron chi connectivity index (χ3n) is 4.90. The number of nitrogens with one attached hydrogen (secondary N) is 2. The molecular weight excluding hydrogens is 418 g/mol. The quantitative estimate of drug-likeness (QED) is 0.498. The topological polar surface area (TPSA) is 93.3 Å². The van der Waals surface area contributed by atoms with Crippen LogP contribution >= 0.6 is 0 Å². The van der Waals surface area contributed by atoms with Crippen LogP contribution in [0.2, 0.25) is 0 Å². The molecule has 0 saturated heterocycles. The maximum atomic E-state index is 13.3. The highest BCUT2D eigenvalue weighted by molar-refractivity contribution is 5.90. The van der Waals surface area contributed by atoms with Crippen molar-refractivity contribution in [1.29, 1.82) is 0 Å². The Morgan fingerprint density at radius 1 is 0.969 bits per heavy atom. The second-order valence-corrected chi connectivity index (χ2v) is 7.49. The summed E-state index contributed by atoms with van der Waals surface area (Å²) < 4.78 is 28.9. The average molecular weight is 438 g/mol. The van der Waals surface area contributed by atoms with E-state index in [1.807, 2.05) is 32.0 Å². The van der Waals surface area contributed by atoms with E-state index in [9.17, 15) is 18.4 Å². The predicted molar refractivity (Wildman–Crippen MR) is 116 cm³/mol. The standard InChI is InChI=1S/C22H20F2N6O2/c1-12-4-5-17(6-13(12)2)27-21-25-14(3)7-19-28-29(22(32)30(19)21)11-20(31)26-18-9-15(23)8-16(24)10-18/h4-10H,11H2,1-3H3,(H,25,27)(H,26,31). The van der Waals surface area contributed by atoms with E-state index in [4.69, 9.17) is 0 Å². The number of benzene rings is 2. The monoisotopic (exact) mass is 438 g/mol. The summed E-state index contributed by atoms with van der Waals surface area (Å²) in [5.41, 5.74) is 3.25. The maximum Gasteiger partial charge on any atom is 0.353 e. The van der Waals surface area contributed by atoms with E-state index < -0.39 is 29.8 Å². The number of halogens is 2. The number of nitrogens with zero attached hydrogens (tertiary/aromatic N) is 4. The molecule has 0 spiro atoms. The van der Waals surface area contributed by atoms with Gasteiger partial charge in [-0.05, 0) is 56.2 Å².